The van der Waals surface area contributed by atoms with E-state index < -0.39 is 11.9 Å². The van der Waals surface area contributed by atoms with Gasteiger partial charge in [0.05, 0.1) is 12.8 Å². The summed E-state index contributed by atoms with van der Waals surface area (Å²) >= 11 is 3.07. The summed E-state index contributed by atoms with van der Waals surface area (Å²) in [4.78, 5) is 23.1. The van der Waals surface area contributed by atoms with Crippen molar-refractivity contribution in [3.8, 4) is 0 Å². The number of thiophene rings is 1. The zero-order valence-electron chi connectivity index (χ0n) is 17.2. The second-order valence-corrected chi connectivity index (χ2v) is 9.60. The molecule has 0 saturated carbocycles. The van der Waals surface area contributed by atoms with Crippen molar-refractivity contribution in [2.45, 2.75) is 95.6 Å². The predicted molar refractivity (Wildman–Crippen MR) is 120 cm³/mol. The fraction of sp³-hybridized carbons (Fsp3) is 0.727. The molecule has 1 rings (SSSR count). The predicted octanol–water partition coefficient (Wildman–Crippen LogP) is 6.94. The van der Waals surface area contributed by atoms with Gasteiger partial charge in [0, 0.05) is 15.9 Å². The van der Waals surface area contributed by atoms with Crippen LogP contribution in [-0.2, 0) is 16.0 Å². The molecule has 2 N–H and O–H groups in total. The molecule has 0 aliphatic carbocycles. The van der Waals surface area contributed by atoms with Crippen LogP contribution in [0.2, 0.25) is 0 Å². The molecule has 160 valence electrons. The van der Waals surface area contributed by atoms with Gasteiger partial charge in [0.1, 0.15) is 0 Å². The Labute approximate surface area is 178 Å². The van der Waals surface area contributed by atoms with Crippen LogP contribution in [0.3, 0.4) is 0 Å². The zero-order chi connectivity index (χ0) is 20.6. The van der Waals surface area contributed by atoms with Crippen LogP contribution in [0.25, 0.3) is 0 Å². The van der Waals surface area contributed by atoms with Gasteiger partial charge in [0.25, 0.3) is 0 Å². The van der Waals surface area contributed by atoms with Crippen LogP contribution in [0.1, 0.15) is 99.7 Å². The minimum atomic E-state index is -0.835. The molecule has 28 heavy (non-hydrogen) atoms. The highest BCUT2D eigenvalue weighted by Crippen LogP contribution is 2.38. The molecule has 0 amide bonds. The van der Waals surface area contributed by atoms with E-state index in [-0.39, 0.29) is 18.1 Å². The maximum absolute atomic E-state index is 11.2. The quantitative estimate of drug-likeness (QED) is 0.248. The van der Waals surface area contributed by atoms with Crippen LogP contribution in [0.5, 0.6) is 0 Å². The molecule has 1 aromatic heterocycles. The second-order valence-electron chi connectivity index (χ2n) is 7.34. The molecular formula is C22H36O4S2. The van der Waals surface area contributed by atoms with Crippen LogP contribution < -0.4 is 0 Å². The van der Waals surface area contributed by atoms with Gasteiger partial charge in [-0.05, 0) is 29.9 Å². The highest BCUT2D eigenvalue weighted by molar-refractivity contribution is 7.99. The number of thioether (sulfide) groups is 1. The summed E-state index contributed by atoms with van der Waals surface area (Å²) in [7, 11) is 0. The van der Waals surface area contributed by atoms with Gasteiger partial charge in [-0.15, -0.1) is 11.3 Å². The average molecular weight is 429 g/mol. The van der Waals surface area contributed by atoms with Crippen LogP contribution >= 0.6 is 23.1 Å². The van der Waals surface area contributed by atoms with Crippen molar-refractivity contribution in [1.82, 2.24) is 0 Å². The SMILES string of the molecule is CCCCCCCCCCCCc1ccsc1C(CC(=O)O)SCCC(=O)O. The molecule has 1 heterocycles. The Bertz CT molecular complexity index is 556. The maximum atomic E-state index is 11.2. The molecule has 1 aromatic rings. The Morgan fingerprint density at radius 3 is 2.14 bits per heavy atom. The summed E-state index contributed by atoms with van der Waals surface area (Å²) in [5.74, 6) is -1.22. The third kappa shape index (κ3) is 11.7. The lowest BCUT2D eigenvalue weighted by Crippen LogP contribution is -2.06. The van der Waals surface area contributed by atoms with E-state index >= 15 is 0 Å². The average Bonchev–Trinajstić information content (AvgIpc) is 3.10. The number of unbranched alkanes of at least 4 members (excludes halogenated alkanes) is 9. The fourth-order valence-corrected chi connectivity index (χ4v) is 5.76. The lowest BCUT2D eigenvalue weighted by Gasteiger charge is -2.15. The van der Waals surface area contributed by atoms with Crippen LogP contribution in [0.4, 0.5) is 0 Å². The number of aryl methyl sites for hydroxylation is 1. The number of rotatable bonds is 18. The number of hydrogen-bond acceptors (Lipinski definition) is 4. The van der Waals surface area contributed by atoms with Gasteiger partial charge in [0.15, 0.2) is 0 Å². The van der Waals surface area contributed by atoms with E-state index in [0.29, 0.717) is 5.75 Å². The highest BCUT2D eigenvalue weighted by Gasteiger charge is 2.20. The van der Waals surface area contributed by atoms with Gasteiger partial charge in [-0.2, -0.15) is 11.8 Å². The molecule has 6 heteroatoms. The lowest BCUT2D eigenvalue weighted by atomic mass is 10.0. The van der Waals surface area contributed by atoms with Gasteiger partial charge >= 0.3 is 11.9 Å². The molecular weight excluding hydrogens is 392 g/mol. The van der Waals surface area contributed by atoms with Gasteiger partial charge in [0.2, 0.25) is 0 Å². The Balaban J connectivity index is 2.33. The van der Waals surface area contributed by atoms with E-state index in [0.717, 1.165) is 17.7 Å². The molecule has 0 spiro atoms. The first kappa shape index (κ1) is 25.0. The summed E-state index contributed by atoms with van der Waals surface area (Å²) in [6.45, 7) is 2.25. The van der Waals surface area contributed by atoms with Crippen molar-refractivity contribution < 1.29 is 19.8 Å². The van der Waals surface area contributed by atoms with Gasteiger partial charge < -0.3 is 10.2 Å². The molecule has 0 aliphatic rings. The molecule has 0 saturated heterocycles. The topological polar surface area (TPSA) is 74.6 Å². The summed E-state index contributed by atoms with van der Waals surface area (Å²) in [6, 6.07) is 2.11. The first-order valence-electron chi connectivity index (χ1n) is 10.7. The number of carboxylic acid groups (broad SMARTS) is 2. The van der Waals surface area contributed by atoms with Crippen molar-refractivity contribution in [2.75, 3.05) is 5.75 Å². The Hall–Kier alpha value is -1.01. The standard InChI is InChI=1S/C22H36O4S2/c1-2-3-4-5-6-7-8-9-10-11-12-18-13-15-28-22(18)19(17-21(25)26)27-16-14-20(23)24/h13,15,19H,2-12,14,16-17H2,1H3,(H,23,24)(H,25,26). The normalized spacial score (nSPS) is 12.2. The van der Waals surface area contributed by atoms with E-state index in [2.05, 4.69) is 13.0 Å². The summed E-state index contributed by atoms with van der Waals surface area (Å²) in [6.07, 6.45) is 14.2. The summed E-state index contributed by atoms with van der Waals surface area (Å²) < 4.78 is 0. The first-order chi connectivity index (χ1) is 13.5. The Morgan fingerprint density at radius 2 is 1.57 bits per heavy atom. The number of carbonyl (C=O) groups is 2. The second kappa shape index (κ2) is 15.9. The molecule has 0 bridgehead atoms. The van der Waals surface area contributed by atoms with Crippen LogP contribution in [0, 0.1) is 0 Å². The molecule has 4 nitrogen and oxygen atoms in total. The summed E-state index contributed by atoms with van der Waals surface area (Å²) in [5, 5.41) is 19.9. The van der Waals surface area contributed by atoms with Gasteiger partial charge in [-0.1, -0.05) is 64.7 Å². The Morgan fingerprint density at radius 1 is 0.964 bits per heavy atom. The number of carboxylic acids is 2. The minimum Gasteiger partial charge on any atom is -0.481 e. The largest absolute Gasteiger partial charge is 0.481 e. The molecule has 1 unspecified atom stereocenters. The van der Waals surface area contributed by atoms with Crippen molar-refractivity contribution in [1.29, 1.82) is 0 Å². The number of hydrogen-bond donors (Lipinski definition) is 2. The first-order valence-corrected chi connectivity index (χ1v) is 12.6. The molecule has 1 atom stereocenters. The number of aliphatic carboxylic acids is 2. The van der Waals surface area contributed by atoms with E-state index in [4.69, 9.17) is 5.11 Å². The van der Waals surface area contributed by atoms with E-state index in [1.54, 1.807) is 11.3 Å². The van der Waals surface area contributed by atoms with Crippen molar-refractivity contribution in [3.05, 3.63) is 21.9 Å². The molecule has 0 radical (unpaired) electrons. The van der Waals surface area contributed by atoms with E-state index in [1.165, 1.54) is 75.1 Å². The highest BCUT2D eigenvalue weighted by atomic mass is 32.2. The third-order valence-corrected chi connectivity index (χ3v) is 7.33. The Kier molecular flexibility index (Phi) is 14.2. The lowest BCUT2D eigenvalue weighted by molar-refractivity contribution is -0.137. The van der Waals surface area contributed by atoms with Crippen molar-refractivity contribution in [3.63, 3.8) is 0 Å². The van der Waals surface area contributed by atoms with Crippen LogP contribution in [0.15, 0.2) is 11.4 Å². The van der Waals surface area contributed by atoms with Crippen molar-refractivity contribution >= 4 is 35.0 Å². The molecule has 0 aliphatic heterocycles. The smallest absolute Gasteiger partial charge is 0.304 e. The van der Waals surface area contributed by atoms with E-state index in [9.17, 15) is 14.7 Å². The van der Waals surface area contributed by atoms with Gasteiger partial charge in [-0.3, -0.25) is 9.59 Å². The summed E-state index contributed by atoms with van der Waals surface area (Å²) in [5.41, 5.74) is 1.25. The minimum absolute atomic E-state index is 0.0514. The molecule has 0 aromatic carbocycles. The van der Waals surface area contributed by atoms with Crippen molar-refractivity contribution in [2.24, 2.45) is 0 Å². The third-order valence-electron chi connectivity index (χ3n) is 4.87. The monoisotopic (exact) mass is 428 g/mol. The van der Waals surface area contributed by atoms with Gasteiger partial charge in [-0.25, -0.2) is 0 Å². The fourth-order valence-electron chi connectivity index (χ4n) is 3.31. The maximum Gasteiger partial charge on any atom is 0.304 e. The molecule has 0 fully saturated rings. The van der Waals surface area contributed by atoms with E-state index in [1.807, 2.05) is 5.38 Å². The van der Waals surface area contributed by atoms with Crippen LogP contribution in [-0.4, -0.2) is 27.9 Å². The zero-order valence-corrected chi connectivity index (χ0v) is 18.8.